The fraction of sp³-hybridized carbons (Fsp3) is 0.500. The van der Waals surface area contributed by atoms with Crippen molar-refractivity contribution in [3.63, 3.8) is 0 Å². The summed E-state index contributed by atoms with van der Waals surface area (Å²) in [7, 11) is 1.80. The van der Waals surface area contributed by atoms with Crippen molar-refractivity contribution in [2.75, 3.05) is 30.0 Å². The lowest BCUT2D eigenvalue weighted by Gasteiger charge is -2.23. The van der Waals surface area contributed by atoms with Crippen molar-refractivity contribution in [2.45, 2.75) is 20.3 Å². The van der Waals surface area contributed by atoms with Crippen molar-refractivity contribution in [3.8, 4) is 0 Å². The third-order valence-corrected chi connectivity index (χ3v) is 3.05. The predicted molar refractivity (Wildman–Crippen MR) is 73.0 cm³/mol. The fourth-order valence-corrected chi connectivity index (χ4v) is 1.75. The molecule has 0 aromatic heterocycles. The Balaban J connectivity index is 3.01. The van der Waals surface area contributed by atoms with Crippen LogP contribution in [0, 0.1) is 11.7 Å². The van der Waals surface area contributed by atoms with E-state index in [4.69, 9.17) is 23.1 Å². The fourth-order valence-electron chi connectivity index (χ4n) is 1.61. The van der Waals surface area contributed by atoms with Crippen molar-refractivity contribution in [1.29, 1.82) is 0 Å². The average molecular weight is 260 g/mol. The first-order valence-electron chi connectivity index (χ1n) is 5.58. The molecule has 96 valence electrons. The standard InChI is InChI=1S/C12H19ClFN3/c1-7(2)4-5-17(3)12-9(16)6-8(15)10(13)11(12)14/h6-7H,4-5,15-16H2,1-3H3. The van der Waals surface area contributed by atoms with Gasteiger partial charge in [0.25, 0.3) is 0 Å². The molecule has 0 aliphatic rings. The van der Waals surface area contributed by atoms with E-state index in [9.17, 15) is 4.39 Å². The monoisotopic (exact) mass is 259 g/mol. The smallest absolute Gasteiger partial charge is 0.169 e. The quantitative estimate of drug-likeness (QED) is 0.817. The summed E-state index contributed by atoms with van der Waals surface area (Å²) in [6.45, 7) is 4.95. The van der Waals surface area contributed by atoms with E-state index < -0.39 is 5.82 Å². The van der Waals surface area contributed by atoms with E-state index in [2.05, 4.69) is 13.8 Å². The first-order valence-corrected chi connectivity index (χ1v) is 5.96. The second-order valence-electron chi connectivity index (χ2n) is 4.64. The number of halogens is 2. The van der Waals surface area contributed by atoms with Gasteiger partial charge in [0.2, 0.25) is 0 Å². The van der Waals surface area contributed by atoms with E-state index in [-0.39, 0.29) is 10.7 Å². The molecular weight excluding hydrogens is 241 g/mol. The van der Waals surface area contributed by atoms with E-state index in [1.54, 1.807) is 11.9 Å². The molecule has 5 heteroatoms. The summed E-state index contributed by atoms with van der Waals surface area (Å²) in [4.78, 5) is 1.77. The van der Waals surface area contributed by atoms with Gasteiger partial charge in [-0.2, -0.15) is 0 Å². The van der Waals surface area contributed by atoms with Crippen LogP contribution in [0.25, 0.3) is 0 Å². The number of benzene rings is 1. The lowest BCUT2D eigenvalue weighted by Crippen LogP contribution is -2.22. The van der Waals surface area contributed by atoms with E-state index >= 15 is 0 Å². The van der Waals surface area contributed by atoms with Gasteiger partial charge in [-0.05, 0) is 18.4 Å². The summed E-state index contributed by atoms with van der Waals surface area (Å²) in [5, 5.41) is -0.0643. The number of anilines is 3. The Hall–Kier alpha value is -1.16. The van der Waals surface area contributed by atoms with Crippen LogP contribution in [0.4, 0.5) is 21.5 Å². The van der Waals surface area contributed by atoms with E-state index in [0.717, 1.165) is 13.0 Å². The third-order valence-electron chi connectivity index (χ3n) is 2.66. The van der Waals surface area contributed by atoms with Gasteiger partial charge in [-0.3, -0.25) is 0 Å². The Morgan fingerprint density at radius 3 is 2.47 bits per heavy atom. The van der Waals surface area contributed by atoms with Gasteiger partial charge in [0.15, 0.2) is 5.82 Å². The Labute approximate surface area is 107 Å². The van der Waals surface area contributed by atoms with Crippen LogP contribution in [0.3, 0.4) is 0 Å². The minimum Gasteiger partial charge on any atom is -0.397 e. The number of nitrogens with zero attached hydrogens (tertiary/aromatic N) is 1. The normalized spacial score (nSPS) is 10.9. The Bertz CT molecular complexity index is 407. The number of nitrogen functional groups attached to an aromatic ring is 2. The van der Waals surface area contributed by atoms with E-state index in [1.807, 2.05) is 0 Å². The van der Waals surface area contributed by atoms with Crippen LogP contribution < -0.4 is 16.4 Å². The lowest BCUT2D eigenvalue weighted by atomic mass is 10.1. The number of nitrogens with two attached hydrogens (primary N) is 2. The number of hydrogen-bond acceptors (Lipinski definition) is 3. The molecule has 1 aromatic carbocycles. The van der Waals surface area contributed by atoms with Crippen LogP contribution >= 0.6 is 11.6 Å². The second-order valence-corrected chi connectivity index (χ2v) is 5.01. The number of rotatable bonds is 4. The summed E-state index contributed by atoms with van der Waals surface area (Å²) in [5.41, 5.74) is 12.1. The van der Waals surface area contributed by atoms with Gasteiger partial charge in [0.1, 0.15) is 5.02 Å². The molecule has 0 heterocycles. The molecule has 0 aliphatic carbocycles. The van der Waals surface area contributed by atoms with Gasteiger partial charge >= 0.3 is 0 Å². The summed E-state index contributed by atoms with van der Waals surface area (Å²) < 4.78 is 14.0. The molecule has 0 unspecified atom stereocenters. The highest BCUT2D eigenvalue weighted by Gasteiger charge is 2.17. The summed E-state index contributed by atoms with van der Waals surface area (Å²) in [5.74, 6) is 0.00131. The van der Waals surface area contributed by atoms with Crippen LogP contribution in [0.5, 0.6) is 0 Å². The van der Waals surface area contributed by atoms with Crippen molar-refractivity contribution in [3.05, 3.63) is 16.9 Å². The molecule has 0 aliphatic heterocycles. The SMILES string of the molecule is CC(C)CCN(C)c1c(N)cc(N)c(Cl)c1F. The van der Waals surface area contributed by atoms with Gasteiger partial charge in [-0.15, -0.1) is 0 Å². The van der Waals surface area contributed by atoms with Crippen molar-refractivity contribution < 1.29 is 4.39 Å². The average Bonchev–Trinajstić information content (AvgIpc) is 2.23. The van der Waals surface area contributed by atoms with Crippen LogP contribution in [-0.4, -0.2) is 13.6 Å². The maximum Gasteiger partial charge on any atom is 0.169 e. The molecule has 4 N–H and O–H groups in total. The lowest BCUT2D eigenvalue weighted by molar-refractivity contribution is 0.575. The minimum atomic E-state index is -0.546. The van der Waals surface area contributed by atoms with Crippen molar-refractivity contribution in [1.82, 2.24) is 0 Å². The van der Waals surface area contributed by atoms with Gasteiger partial charge in [-0.25, -0.2) is 4.39 Å². The van der Waals surface area contributed by atoms with Gasteiger partial charge in [-0.1, -0.05) is 25.4 Å². The van der Waals surface area contributed by atoms with Crippen LogP contribution in [0.2, 0.25) is 5.02 Å². The summed E-state index contributed by atoms with van der Waals surface area (Å²) in [6, 6.07) is 1.49. The molecule has 3 nitrogen and oxygen atoms in total. The van der Waals surface area contributed by atoms with Gasteiger partial charge in [0, 0.05) is 13.6 Å². The maximum absolute atomic E-state index is 14.0. The zero-order chi connectivity index (χ0) is 13.2. The van der Waals surface area contributed by atoms with Crippen LogP contribution in [0.15, 0.2) is 6.07 Å². The Morgan fingerprint density at radius 1 is 1.35 bits per heavy atom. The third kappa shape index (κ3) is 3.16. The molecule has 0 amide bonds. The van der Waals surface area contributed by atoms with Gasteiger partial charge in [0.05, 0.1) is 17.1 Å². The zero-order valence-corrected chi connectivity index (χ0v) is 11.2. The molecule has 0 saturated carbocycles. The predicted octanol–water partition coefficient (Wildman–Crippen LogP) is 3.13. The molecule has 0 spiro atoms. The zero-order valence-electron chi connectivity index (χ0n) is 10.4. The minimum absolute atomic E-state index is 0.0643. The molecule has 0 bridgehead atoms. The Kier molecular flexibility index (Phi) is 4.46. The summed E-state index contributed by atoms with van der Waals surface area (Å²) in [6.07, 6.45) is 0.956. The molecular formula is C12H19ClFN3. The molecule has 0 radical (unpaired) electrons. The molecule has 1 aromatic rings. The largest absolute Gasteiger partial charge is 0.397 e. The highest BCUT2D eigenvalue weighted by atomic mass is 35.5. The first kappa shape index (κ1) is 13.9. The number of hydrogen-bond donors (Lipinski definition) is 2. The highest BCUT2D eigenvalue weighted by molar-refractivity contribution is 6.33. The van der Waals surface area contributed by atoms with Gasteiger partial charge < -0.3 is 16.4 Å². The van der Waals surface area contributed by atoms with E-state index in [1.165, 1.54) is 6.07 Å². The van der Waals surface area contributed by atoms with Crippen molar-refractivity contribution >= 4 is 28.7 Å². The maximum atomic E-state index is 14.0. The highest BCUT2D eigenvalue weighted by Crippen LogP contribution is 2.35. The molecule has 1 rings (SSSR count). The first-order chi connectivity index (χ1) is 7.84. The molecule has 0 fully saturated rings. The van der Waals surface area contributed by atoms with Crippen molar-refractivity contribution in [2.24, 2.45) is 5.92 Å². The molecule has 0 atom stereocenters. The van der Waals surface area contributed by atoms with Crippen LogP contribution in [-0.2, 0) is 0 Å². The Morgan fingerprint density at radius 2 is 1.94 bits per heavy atom. The topological polar surface area (TPSA) is 55.3 Å². The van der Waals surface area contributed by atoms with E-state index in [0.29, 0.717) is 17.3 Å². The molecule has 0 saturated heterocycles. The second kappa shape index (κ2) is 5.45. The summed E-state index contributed by atoms with van der Waals surface area (Å²) >= 11 is 5.78. The molecule has 17 heavy (non-hydrogen) atoms. The van der Waals surface area contributed by atoms with Crippen LogP contribution in [0.1, 0.15) is 20.3 Å².